The van der Waals surface area contributed by atoms with E-state index < -0.39 is 4.92 Å². The van der Waals surface area contributed by atoms with Gasteiger partial charge in [0, 0.05) is 21.7 Å². The number of hydrogen-bond donors (Lipinski definition) is 1. The first-order chi connectivity index (χ1) is 13.9. The molecule has 0 aliphatic heterocycles. The molecule has 0 unspecified atom stereocenters. The quantitative estimate of drug-likeness (QED) is 0.243. The molecule has 0 atom stereocenters. The zero-order valence-corrected chi connectivity index (χ0v) is 17.8. The molecule has 1 aromatic heterocycles. The van der Waals surface area contributed by atoms with E-state index in [9.17, 15) is 10.1 Å². The lowest BCUT2D eigenvalue weighted by Crippen LogP contribution is -1.98. The number of hydrogen-bond acceptors (Lipinski definition) is 6. The van der Waals surface area contributed by atoms with Crippen LogP contribution in [-0.2, 0) is 6.61 Å². The molecule has 3 rings (SSSR count). The number of hydrazone groups is 1. The minimum absolute atomic E-state index is 0.0843. The molecule has 7 nitrogen and oxygen atoms in total. The minimum Gasteiger partial charge on any atom is -0.488 e. The van der Waals surface area contributed by atoms with Crippen LogP contribution in [0.2, 0.25) is 10.0 Å². The van der Waals surface area contributed by atoms with Crippen LogP contribution in [0, 0.1) is 10.1 Å². The Hall–Kier alpha value is -2.68. The highest BCUT2D eigenvalue weighted by atomic mass is 79.9. The molecule has 2 aromatic carbocycles. The summed E-state index contributed by atoms with van der Waals surface area (Å²) in [5.74, 6) is 1.05. The minimum atomic E-state index is -0.512. The van der Waals surface area contributed by atoms with Gasteiger partial charge in [-0.25, -0.2) is 4.98 Å². The van der Waals surface area contributed by atoms with Crippen molar-refractivity contribution in [1.29, 1.82) is 0 Å². The predicted octanol–water partition coefficient (Wildman–Crippen LogP) is 6.08. The second-order valence-corrected chi connectivity index (χ2v) is 7.44. The van der Waals surface area contributed by atoms with Crippen molar-refractivity contribution in [2.75, 3.05) is 5.43 Å². The largest absolute Gasteiger partial charge is 0.488 e. The third-order valence-corrected chi connectivity index (χ3v) is 4.91. The summed E-state index contributed by atoms with van der Waals surface area (Å²) in [4.78, 5) is 14.0. The van der Waals surface area contributed by atoms with Gasteiger partial charge in [0.25, 0.3) is 5.69 Å². The normalized spacial score (nSPS) is 10.9. The molecular formula is C19H13BrCl2N4O3. The average Bonchev–Trinajstić information content (AvgIpc) is 2.69. The summed E-state index contributed by atoms with van der Waals surface area (Å²) in [6.07, 6.45) is 2.75. The molecule has 1 N–H and O–H groups in total. The summed E-state index contributed by atoms with van der Waals surface area (Å²) in [5.41, 5.74) is 4.27. The lowest BCUT2D eigenvalue weighted by atomic mass is 10.2. The standard InChI is InChI=1S/C19H13BrCl2N4O3/c20-16-7-12(9-24-25-19-6-4-15(10-23-19)26(27)28)1-5-18(16)29-11-13-2-3-14(21)8-17(13)22/h1-10H,11H2,(H,23,25)/b24-9+. The van der Waals surface area contributed by atoms with Gasteiger partial charge in [-0.05, 0) is 57.9 Å². The number of ether oxygens (including phenoxy) is 1. The maximum atomic E-state index is 10.6. The first-order valence-corrected chi connectivity index (χ1v) is 9.73. The van der Waals surface area contributed by atoms with Crippen LogP contribution < -0.4 is 10.2 Å². The molecule has 1 heterocycles. The Kier molecular flexibility index (Phi) is 7.03. The highest BCUT2D eigenvalue weighted by Crippen LogP contribution is 2.28. The van der Waals surface area contributed by atoms with Gasteiger partial charge in [0.2, 0.25) is 0 Å². The molecule has 148 valence electrons. The Morgan fingerprint density at radius 1 is 1.21 bits per heavy atom. The molecule has 0 aliphatic carbocycles. The number of anilines is 1. The third kappa shape index (κ3) is 5.90. The fraction of sp³-hybridized carbons (Fsp3) is 0.0526. The Bertz CT molecular complexity index is 1060. The second-order valence-electron chi connectivity index (χ2n) is 5.74. The molecule has 29 heavy (non-hydrogen) atoms. The Labute approximate surface area is 184 Å². The van der Waals surface area contributed by atoms with Gasteiger partial charge in [0.15, 0.2) is 0 Å². The molecule has 3 aromatic rings. The van der Waals surface area contributed by atoms with Crippen molar-refractivity contribution in [3.8, 4) is 5.75 Å². The van der Waals surface area contributed by atoms with Gasteiger partial charge < -0.3 is 4.74 Å². The fourth-order valence-corrected chi connectivity index (χ4v) is 3.22. The lowest BCUT2D eigenvalue weighted by Gasteiger charge is -2.10. The van der Waals surface area contributed by atoms with Crippen molar-refractivity contribution >= 4 is 56.9 Å². The van der Waals surface area contributed by atoms with E-state index in [4.69, 9.17) is 27.9 Å². The van der Waals surface area contributed by atoms with Crippen LogP contribution in [-0.4, -0.2) is 16.1 Å². The van der Waals surface area contributed by atoms with E-state index in [1.807, 2.05) is 18.2 Å². The topological polar surface area (TPSA) is 89.7 Å². The van der Waals surface area contributed by atoms with E-state index in [1.165, 1.54) is 12.1 Å². The smallest absolute Gasteiger partial charge is 0.287 e. The SMILES string of the molecule is O=[N+]([O-])c1ccc(N/N=C/c2ccc(OCc3ccc(Cl)cc3Cl)c(Br)c2)nc1. The number of rotatable bonds is 7. The second kappa shape index (κ2) is 9.69. The van der Waals surface area contributed by atoms with Gasteiger partial charge in [-0.1, -0.05) is 29.3 Å². The van der Waals surface area contributed by atoms with Crippen molar-refractivity contribution in [2.24, 2.45) is 5.10 Å². The average molecular weight is 496 g/mol. The zero-order valence-electron chi connectivity index (χ0n) is 14.7. The molecule has 0 spiro atoms. The molecule has 0 amide bonds. The van der Waals surface area contributed by atoms with E-state index in [-0.39, 0.29) is 5.69 Å². The number of nitro groups is 1. The van der Waals surface area contributed by atoms with Gasteiger partial charge in [0.1, 0.15) is 24.4 Å². The number of nitrogens with zero attached hydrogens (tertiary/aromatic N) is 3. The van der Waals surface area contributed by atoms with Crippen molar-refractivity contribution in [3.05, 3.63) is 90.5 Å². The van der Waals surface area contributed by atoms with Crippen LogP contribution in [0.4, 0.5) is 11.5 Å². The summed E-state index contributed by atoms with van der Waals surface area (Å²) in [6.45, 7) is 0.301. The fourth-order valence-electron chi connectivity index (χ4n) is 2.24. The van der Waals surface area contributed by atoms with Crippen LogP contribution in [0.1, 0.15) is 11.1 Å². The van der Waals surface area contributed by atoms with Crippen LogP contribution in [0.5, 0.6) is 5.75 Å². The van der Waals surface area contributed by atoms with E-state index in [2.05, 4.69) is 31.4 Å². The van der Waals surface area contributed by atoms with E-state index in [0.717, 1.165) is 21.8 Å². The van der Waals surface area contributed by atoms with Crippen LogP contribution in [0.25, 0.3) is 0 Å². The molecule has 0 saturated carbocycles. The summed E-state index contributed by atoms with van der Waals surface area (Å²) in [6, 6.07) is 13.5. The van der Waals surface area contributed by atoms with Crippen molar-refractivity contribution in [3.63, 3.8) is 0 Å². The van der Waals surface area contributed by atoms with Gasteiger partial charge >= 0.3 is 0 Å². The van der Waals surface area contributed by atoms with Crippen molar-refractivity contribution < 1.29 is 9.66 Å². The first kappa shape index (κ1) is 21.0. The van der Waals surface area contributed by atoms with Crippen LogP contribution >= 0.6 is 39.1 Å². The number of aromatic nitrogens is 1. The summed E-state index contributed by atoms with van der Waals surface area (Å²) in [5, 5.41) is 15.8. The van der Waals surface area contributed by atoms with E-state index in [1.54, 1.807) is 24.4 Å². The number of pyridine rings is 1. The maximum Gasteiger partial charge on any atom is 0.287 e. The molecular weight excluding hydrogens is 483 g/mol. The van der Waals surface area contributed by atoms with Crippen LogP contribution in [0.15, 0.2) is 64.3 Å². The Balaban J connectivity index is 1.59. The molecule has 0 radical (unpaired) electrons. The van der Waals surface area contributed by atoms with Crippen molar-refractivity contribution in [1.82, 2.24) is 4.98 Å². The molecule has 10 heteroatoms. The van der Waals surface area contributed by atoms with Crippen LogP contribution in [0.3, 0.4) is 0 Å². The number of benzene rings is 2. The van der Waals surface area contributed by atoms with Gasteiger partial charge in [-0.15, -0.1) is 0 Å². The first-order valence-electron chi connectivity index (χ1n) is 8.18. The Morgan fingerprint density at radius 2 is 2.03 bits per heavy atom. The molecule has 0 aliphatic rings. The number of halogens is 3. The van der Waals surface area contributed by atoms with Gasteiger partial charge in [0.05, 0.1) is 15.6 Å². The van der Waals surface area contributed by atoms with E-state index in [0.29, 0.717) is 28.2 Å². The molecule has 0 bridgehead atoms. The zero-order chi connectivity index (χ0) is 20.8. The lowest BCUT2D eigenvalue weighted by molar-refractivity contribution is -0.385. The molecule has 0 fully saturated rings. The number of nitrogens with one attached hydrogen (secondary N) is 1. The van der Waals surface area contributed by atoms with Crippen molar-refractivity contribution in [2.45, 2.75) is 6.61 Å². The monoisotopic (exact) mass is 494 g/mol. The molecule has 0 saturated heterocycles. The highest BCUT2D eigenvalue weighted by Gasteiger charge is 2.06. The van der Waals surface area contributed by atoms with Gasteiger partial charge in [-0.2, -0.15) is 5.10 Å². The van der Waals surface area contributed by atoms with E-state index >= 15 is 0 Å². The summed E-state index contributed by atoms with van der Waals surface area (Å²) >= 11 is 15.5. The van der Waals surface area contributed by atoms with Gasteiger partial charge in [-0.3, -0.25) is 15.5 Å². The Morgan fingerprint density at radius 3 is 2.69 bits per heavy atom. The highest BCUT2D eigenvalue weighted by molar-refractivity contribution is 9.10. The summed E-state index contributed by atoms with van der Waals surface area (Å²) < 4.78 is 6.55. The summed E-state index contributed by atoms with van der Waals surface area (Å²) in [7, 11) is 0. The third-order valence-electron chi connectivity index (χ3n) is 3.71. The maximum absolute atomic E-state index is 10.6. The predicted molar refractivity (Wildman–Crippen MR) is 117 cm³/mol.